The maximum Gasteiger partial charge on any atom is 0.235 e. The number of hydrogen-bond acceptors (Lipinski definition) is 3. The van der Waals surface area contributed by atoms with Gasteiger partial charge in [-0.3, -0.25) is 0 Å². The smallest absolute Gasteiger partial charge is 0.235 e. The lowest BCUT2D eigenvalue weighted by Crippen LogP contribution is -2.33. The maximum atomic E-state index is 10.5. The minimum absolute atomic E-state index is 0.277. The average Bonchev–Trinajstić information content (AvgIpc) is 2.20. The van der Waals surface area contributed by atoms with E-state index in [4.69, 9.17) is 0 Å². The Balaban J connectivity index is 2.62. The number of carbonyl (C=O) groups excluding carboxylic acids is 1. The highest BCUT2D eigenvalue weighted by Gasteiger charge is 2.42. The van der Waals surface area contributed by atoms with Crippen molar-refractivity contribution in [3.05, 3.63) is 28.8 Å². The largest absolute Gasteiger partial charge is 0.507 e. The molecule has 1 N–H and O–H groups in total. The summed E-state index contributed by atoms with van der Waals surface area (Å²) >= 11 is 0. The van der Waals surface area contributed by atoms with E-state index in [9.17, 15) is 9.90 Å². The molecule has 1 aliphatic rings. The number of aliphatic imine (C=N–C) groups is 1. The SMILES string of the molecule is Cc1ccc(C)c(C2(N=C=O)CCC2)c1O. The minimum Gasteiger partial charge on any atom is -0.507 e. The Morgan fingerprint density at radius 2 is 1.94 bits per heavy atom. The number of hydrogen-bond donors (Lipinski definition) is 1. The molecule has 0 saturated heterocycles. The van der Waals surface area contributed by atoms with Crippen LogP contribution in [0.25, 0.3) is 0 Å². The molecule has 3 heteroatoms. The number of phenolic OH excluding ortho intramolecular Hbond substituents is 1. The molecule has 3 nitrogen and oxygen atoms in total. The first-order valence-electron chi connectivity index (χ1n) is 5.49. The van der Waals surface area contributed by atoms with Crippen molar-refractivity contribution in [3.8, 4) is 5.75 Å². The van der Waals surface area contributed by atoms with Crippen LogP contribution in [-0.2, 0) is 10.3 Å². The predicted octanol–water partition coefficient (Wildman–Crippen LogP) is 2.72. The second kappa shape index (κ2) is 3.76. The van der Waals surface area contributed by atoms with Crippen molar-refractivity contribution in [3.63, 3.8) is 0 Å². The van der Waals surface area contributed by atoms with Crippen LogP contribution in [0.2, 0.25) is 0 Å². The summed E-state index contributed by atoms with van der Waals surface area (Å²) in [5, 5.41) is 10.1. The summed E-state index contributed by atoms with van der Waals surface area (Å²) in [7, 11) is 0. The first kappa shape index (κ1) is 10.9. The number of phenols is 1. The molecule has 0 aliphatic heterocycles. The number of benzene rings is 1. The Bertz CT molecular complexity index is 469. The first-order chi connectivity index (χ1) is 7.60. The van der Waals surface area contributed by atoms with E-state index in [0.29, 0.717) is 0 Å². The Labute approximate surface area is 94.8 Å². The van der Waals surface area contributed by atoms with Crippen LogP contribution in [0.1, 0.15) is 36.0 Å². The van der Waals surface area contributed by atoms with Gasteiger partial charge in [-0.15, -0.1) is 0 Å². The highest BCUT2D eigenvalue weighted by molar-refractivity contribution is 5.51. The number of nitrogens with zero attached hydrogens (tertiary/aromatic N) is 1. The second-order valence-corrected chi connectivity index (χ2v) is 4.51. The predicted molar refractivity (Wildman–Crippen MR) is 61.2 cm³/mol. The molecule has 84 valence electrons. The molecule has 1 aliphatic carbocycles. The average molecular weight is 217 g/mol. The molecule has 0 radical (unpaired) electrons. The van der Waals surface area contributed by atoms with Crippen LogP contribution in [-0.4, -0.2) is 11.2 Å². The van der Waals surface area contributed by atoms with Crippen molar-refractivity contribution in [2.24, 2.45) is 4.99 Å². The lowest BCUT2D eigenvalue weighted by atomic mass is 9.70. The highest BCUT2D eigenvalue weighted by Crippen LogP contribution is 2.49. The van der Waals surface area contributed by atoms with Gasteiger partial charge in [0.1, 0.15) is 11.3 Å². The van der Waals surface area contributed by atoms with Gasteiger partial charge in [-0.1, -0.05) is 12.1 Å². The van der Waals surface area contributed by atoms with Gasteiger partial charge in [0.2, 0.25) is 6.08 Å². The molecular formula is C13H15NO2. The van der Waals surface area contributed by atoms with Crippen LogP contribution in [0.5, 0.6) is 5.75 Å². The molecule has 0 atom stereocenters. The molecule has 0 unspecified atom stereocenters. The molecule has 0 bridgehead atoms. The van der Waals surface area contributed by atoms with Gasteiger partial charge < -0.3 is 5.11 Å². The van der Waals surface area contributed by atoms with E-state index in [-0.39, 0.29) is 5.75 Å². The summed E-state index contributed by atoms with van der Waals surface area (Å²) < 4.78 is 0. The van der Waals surface area contributed by atoms with E-state index in [1.54, 1.807) is 6.08 Å². The van der Waals surface area contributed by atoms with E-state index in [1.165, 1.54) is 0 Å². The van der Waals surface area contributed by atoms with Crippen molar-refractivity contribution in [1.29, 1.82) is 0 Å². The number of aryl methyl sites for hydroxylation is 2. The molecule has 1 fully saturated rings. The van der Waals surface area contributed by atoms with Crippen molar-refractivity contribution >= 4 is 6.08 Å². The molecule has 2 rings (SSSR count). The van der Waals surface area contributed by atoms with Gasteiger partial charge in [0.05, 0.1) is 0 Å². The van der Waals surface area contributed by atoms with E-state index in [0.717, 1.165) is 36.0 Å². The normalized spacial score (nSPS) is 17.4. The molecule has 0 amide bonds. The standard InChI is InChI=1S/C13H15NO2/c1-9-4-5-10(2)12(16)11(9)13(14-8-15)6-3-7-13/h4-5,16H,3,6-7H2,1-2H3. The van der Waals surface area contributed by atoms with E-state index in [2.05, 4.69) is 4.99 Å². The Morgan fingerprint density at radius 3 is 2.44 bits per heavy atom. The molecule has 1 saturated carbocycles. The van der Waals surface area contributed by atoms with Crippen molar-refractivity contribution in [2.45, 2.75) is 38.6 Å². The molecule has 0 aromatic heterocycles. The van der Waals surface area contributed by atoms with Crippen LogP contribution < -0.4 is 0 Å². The zero-order chi connectivity index (χ0) is 11.8. The van der Waals surface area contributed by atoms with E-state index in [1.807, 2.05) is 26.0 Å². The maximum absolute atomic E-state index is 10.5. The lowest BCUT2D eigenvalue weighted by Gasteiger charge is -2.38. The minimum atomic E-state index is -0.512. The summed E-state index contributed by atoms with van der Waals surface area (Å²) in [5.41, 5.74) is 2.11. The van der Waals surface area contributed by atoms with Crippen molar-refractivity contribution < 1.29 is 9.90 Å². The number of aromatic hydroxyl groups is 1. The van der Waals surface area contributed by atoms with Crippen LogP contribution in [0.3, 0.4) is 0 Å². The lowest BCUT2D eigenvalue weighted by molar-refractivity contribution is 0.246. The third-order valence-electron chi connectivity index (χ3n) is 3.49. The zero-order valence-electron chi connectivity index (χ0n) is 9.58. The summed E-state index contributed by atoms with van der Waals surface area (Å²) in [5.74, 6) is 0.277. The van der Waals surface area contributed by atoms with Crippen molar-refractivity contribution in [1.82, 2.24) is 0 Å². The van der Waals surface area contributed by atoms with Gasteiger partial charge >= 0.3 is 0 Å². The Kier molecular flexibility index (Phi) is 2.56. The monoisotopic (exact) mass is 217 g/mol. The van der Waals surface area contributed by atoms with Crippen LogP contribution in [0.4, 0.5) is 0 Å². The fourth-order valence-electron chi connectivity index (χ4n) is 2.40. The Hall–Kier alpha value is -1.60. The fraction of sp³-hybridized carbons (Fsp3) is 0.462. The van der Waals surface area contributed by atoms with E-state index < -0.39 is 5.54 Å². The van der Waals surface area contributed by atoms with Gasteiger partial charge in [0, 0.05) is 5.56 Å². The molecule has 0 spiro atoms. The molecular weight excluding hydrogens is 202 g/mol. The summed E-state index contributed by atoms with van der Waals surface area (Å²) in [6.07, 6.45) is 4.33. The molecule has 1 aromatic rings. The van der Waals surface area contributed by atoms with Gasteiger partial charge in [0.15, 0.2) is 0 Å². The number of isocyanates is 1. The summed E-state index contributed by atoms with van der Waals surface area (Å²) in [4.78, 5) is 14.4. The first-order valence-corrected chi connectivity index (χ1v) is 5.49. The van der Waals surface area contributed by atoms with Crippen molar-refractivity contribution in [2.75, 3.05) is 0 Å². The van der Waals surface area contributed by atoms with Crippen LogP contribution >= 0.6 is 0 Å². The van der Waals surface area contributed by atoms with Gasteiger partial charge in [-0.2, -0.15) is 4.99 Å². The van der Waals surface area contributed by atoms with Crippen LogP contribution in [0, 0.1) is 13.8 Å². The molecule has 1 aromatic carbocycles. The third kappa shape index (κ3) is 1.44. The fourth-order valence-corrected chi connectivity index (χ4v) is 2.40. The highest BCUT2D eigenvalue weighted by atomic mass is 16.3. The third-order valence-corrected chi connectivity index (χ3v) is 3.49. The number of rotatable bonds is 2. The quantitative estimate of drug-likeness (QED) is 0.611. The Morgan fingerprint density at radius 1 is 1.31 bits per heavy atom. The topological polar surface area (TPSA) is 49.7 Å². The summed E-state index contributed by atoms with van der Waals surface area (Å²) in [6, 6.07) is 3.84. The van der Waals surface area contributed by atoms with E-state index >= 15 is 0 Å². The van der Waals surface area contributed by atoms with Gasteiger partial charge in [-0.05, 0) is 44.2 Å². The summed E-state index contributed by atoms with van der Waals surface area (Å²) in [6.45, 7) is 3.80. The van der Waals surface area contributed by atoms with Crippen LogP contribution in [0.15, 0.2) is 17.1 Å². The van der Waals surface area contributed by atoms with Gasteiger partial charge in [-0.25, -0.2) is 4.79 Å². The zero-order valence-corrected chi connectivity index (χ0v) is 9.58. The van der Waals surface area contributed by atoms with Gasteiger partial charge in [0.25, 0.3) is 0 Å². The molecule has 0 heterocycles. The second-order valence-electron chi connectivity index (χ2n) is 4.51. The molecule has 16 heavy (non-hydrogen) atoms.